The van der Waals surface area contributed by atoms with Crippen molar-refractivity contribution in [2.24, 2.45) is 0 Å². The summed E-state index contributed by atoms with van der Waals surface area (Å²) < 4.78 is 9.99. The van der Waals surface area contributed by atoms with Gasteiger partial charge in [0.05, 0.1) is 19.8 Å². The molecule has 2 rings (SSSR count). The monoisotopic (exact) mass is 266 g/mol. The zero-order valence-electron chi connectivity index (χ0n) is 10.3. The summed E-state index contributed by atoms with van der Waals surface area (Å²) in [5.41, 5.74) is -0.696. The van der Waals surface area contributed by atoms with Crippen molar-refractivity contribution < 1.29 is 24.5 Å². The third-order valence-electron chi connectivity index (χ3n) is 2.75. The van der Waals surface area contributed by atoms with Crippen LogP contribution in [0.5, 0.6) is 11.5 Å². The fraction of sp³-hybridized carbons (Fsp3) is 0.308. The summed E-state index contributed by atoms with van der Waals surface area (Å²) in [6.07, 6.45) is -0.987. The molecule has 6 nitrogen and oxygen atoms in total. The first kappa shape index (κ1) is 13.4. The highest BCUT2D eigenvalue weighted by Gasteiger charge is 2.13. The highest BCUT2D eigenvalue weighted by Crippen LogP contribution is 2.28. The molecule has 0 unspecified atom stereocenters. The molecule has 3 N–H and O–H groups in total. The molecule has 1 atom stereocenters. The Labute approximate surface area is 108 Å². The molecule has 0 aliphatic rings. The SMILES string of the molecule is COc1cc(O)c2c(=O)oc(C[C@H](O)CO)cc2c1. The second kappa shape index (κ2) is 5.29. The predicted molar refractivity (Wildman–Crippen MR) is 67.5 cm³/mol. The smallest absolute Gasteiger partial charge is 0.347 e. The van der Waals surface area contributed by atoms with Crippen molar-refractivity contribution in [2.75, 3.05) is 13.7 Å². The van der Waals surface area contributed by atoms with Crippen LogP contribution in [-0.4, -0.2) is 35.1 Å². The molecule has 0 saturated heterocycles. The largest absolute Gasteiger partial charge is 0.507 e. The lowest BCUT2D eigenvalue weighted by Crippen LogP contribution is -2.16. The van der Waals surface area contributed by atoms with Gasteiger partial charge in [-0.15, -0.1) is 0 Å². The molecule has 0 radical (unpaired) electrons. The van der Waals surface area contributed by atoms with Crippen LogP contribution in [0.4, 0.5) is 0 Å². The second-order valence-electron chi connectivity index (χ2n) is 4.15. The minimum absolute atomic E-state index is 0.0135. The fourth-order valence-corrected chi connectivity index (χ4v) is 1.85. The number of hydrogen-bond donors (Lipinski definition) is 3. The van der Waals surface area contributed by atoms with E-state index < -0.39 is 18.3 Å². The Morgan fingerprint density at radius 2 is 2.11 bits per heavy atom. The fourth-order valence-electron chi connectivity index (χ4n) is 1.85. The number of benzene rings is 1. The molecule has 0 spiro atoms. The Morgan fingerprint density at radius 1 is 1.37 bits per heavy atom. The number of phenols is 1. The van der Waals surface area contributed by atoms with E-state index >= 15 is 0 Å². The first-order chi connectivity index (χ1) is 9.05. The van der Waals surface area contributed by atoms with Crippen molar-refractivity contribution in [1.82, 2.24) is 0 Å². The first-order valence-corrected chi connectivity index (χ1v) is 5.67. The van der Waals surface area contributed by atoms with Crippen LogP contribution in [0.25, 0.3) is 10.8 Å². The Morgan fingerprint density at radius 3 is 2.74 bits per heavy atom. The van der Waals surface area contributed by atoms with Crippen molar-refractivity contribution in [3.63, 3.8) is 0 Å². The van der Waals surface area contributed by atoms with E-state index in [-0.39, 0.29) is 23.3 Å². The van der Waals surface area contributed by atoms with E-state index in [1.54, 1.807) is 6.07 Å². The van der Waals surface area contributed by atoms with E-state index in [1.165, 1.54) is 19.2 Å². The highest BCUT2D eigenvalue weighted by molar-refractivity contribution is 5.88. The van der Waals surface area contributed by atoms with Gasteiger partial charge in [0.25, 0.3) is 0 Å². The standard InChI is InChI=1S/C13H14O6/c1-18-9-2-7-3-10(4-8(15)6-14)19-13(17)12(7)11(16)5-9/h2-3,5,8,14-16H,4,6H2,1H3/t8-/m0/s1. The van der Waals surface area contributed by atoms with Crippen molar-refractivity contribution in [2.45, 2.75) is 12.5 Å². The number of rotatable bonds is 4. The molecule has 0 aliphatic carbocycles. The van der Waals surface area contributed by atoms with E-state index in [9.17, 15) is 15.0 Å². The summed E-state index contributed by atoms with van der Waals surface area (Å²) in [7, 11) is 1.45. The maximum Gasteiger partial charge on any atom is 0.347 e. The number of hydrogen-bond acceptors (Lipinski definition) is 6. The number of aromatic hydroxyl groups is 1. The van der Waals surface area contributed by atoms with Crippen molar-refractivity contribution in [1.29, 1.82) is 0 Å². The summed E-state index contributed by atoms with van der Waals surface area (Å²) in [6, 6.07) is 4.43. The van der Waals surface area contributed by atoms with Crippen LogP contribution >= 0.6 is 0 Å². The van der Waals surface area contributed by atoms with Gasteiger partial charge >= 0.3 is 5.63 Å². The summed E-state index contributed by atoms with van der Waals surface area (Å²) in [5, 5.41) is 28.4. The maximum atomic E-state index is 11.8. The van der Waals surface area contributed by atoms with Gasteiger partial charge in [-0.2, -0.15) is 0 Å². The lowest BCUT2D eigenvalue weighted by atomic mass is 10.1. The van der Waals surface area contributed by atoms with E-state index in [1.807, 2.05) is 0 Å². The van der Waals surface area contributed by atoms with Gasteiger partial charge in [0.15, 0.2) is 0 Å². The number of ether oxygens (including phenoxy) is 1. The number of methoxy groups -OCH3 is 1. The normalized spacial score (nSPS) is 12.6. The van der Waals surface area contributed by atoms with E-state index in [2.05, 4.69) is 0 Å². The van der Waals surface area contributed by atoms with Gasteiger partial charge in [-0.05, 0) is 17.5 Å². The molecule has 6 heteroatoms. The highest BCUT2D eigenvalue weighted by atomic mass is 16.5. The molecule has 0 saturated carbocycles. The topological polar surface area (TPSA) is 100 Å². The quantitative estimate of drug-likeness (QED) is 0.740. The van der Waals surface area contributed by atoms with Crippen LogP contribution in [0.1, 0.15) is 5.76 Å². The number of aliphatic hydroxyl groups is 2. The van der Waals surface area contributed by atoms with Crippen LogP contribution in [0, 0.1) is 0 Å². The molecule has 0 amide bonds. The summed E-state index contributed by atoms with van der Waals surface area (Å²) in [5.74, 6) is 0.410. The number of fused-ring (bicyclic) bond motifs is 1. The molecule has 2 aromatic rings. The van der Waals surface area contributed by atoms with Gasteiger partial charge < -0.3 is 24.5 Å². The molecule has 19 heavy (non-hydrogen) atoms. The van der Waals surface area contributed by atoms with Crippen molar-refractivity contribution >= 4 is 10.8 Å². The minimum atomic E-state index is -1.00. The van der Waals surface area contributed by atoms with E-state index in [0.717, 1.165) is 0 Å². The van der Waals surface area contributed by atoms with E-state index in [4.69, 9.17) is 14.3 Å². The number of phenolic OH excluding ortho intramolecular Hbond substituents is 1. The summed E-state index contributed by atoms with van der Waals surface area (Å²) in [6.45, 7) is -0.425. The zero-order valence-corrected chi connectivity index (χ0v) is 10.3. The van der Waals surface area contributed by atoms with Gasteiger partial charge in [-0.3, -0.25) is 0 Å². The van der Waals surface area contributed by atoms with Crippen LogP contribution in [-0.2, 0) is 6.42 Å². The average Bonchev–Trinajstić information content (AvgIpc) is 2.37. The summed E-state index contributed by atoms with van der Waals surface area (Å²) in [4.78, 5) is 11.8. The first-order valence-electron chi connectivity index (χ1n) is 5.67. The third-order valence-corrected chi connectivity index (χ3v) is 2.75. The van der Waals surface area contributed by atoms with Gasteiger partial charge in [0.2, 0.25) is 0 Å². The predicted octanol–water partition coefficient (Wildman–Crippen LogP) is 0.403. The lowest BCUT2D eigenvalue weighted by molar-refractivity contribution is 0.0905. The van der Waals surface area contributed by atoms with Crippen LogP contribution in [0.3, 0.4) is 0 Å². The van der Waals surface area contributed by atoms with Crippen molar-refractivity contribution in [3.8, 4) is 11.5 Å². The second-order valence-corrected chi connectivity index (χ2v) is 4.15. The summed E-state index contributed by atoms with van der Waals surface area (Å²) >= 11 is 0. The van der Waals surface area contributed by atoms with Crippen LogP contribution in [0.15, 0.2) is 27.4 Å². The maximum absolute atomic E-state index is 11.8. The van der Waals surface area contributed by atoms with Gasteiger partial charge in [-0.1, -0.05) is 0 Å². The molecule has 0 aliphatic heterocycles. The molecule has 1 aromatic carbocycles. The average molecular weight is 266 g/mol. The van der Waals surface area contributed by atoms with Crippen LogP contribution in [0.2, 0.25) is 0 Å². The third kappa shape index (κ3) is 2.69. The molecule has 102 valence electrons. The number of aliphatic hydroxyl groups excluding tert-OH is 2. The lowest BCUT2D eigenvalue weighted by Gasteiger charge is -2.08. The van der Waals surface area contributed by atoms with Crippen LogP contribution < -0.4 is 10.4 Å². The minimum Gasteiger partial charge on any atom is -0.507 e. The molecule has 1 heterocycles. The van der Waals surface area contributed by atoms with Gasteiger partial charge in [0, 0.05) is 12.5 Å². The molecule has 0 bridgehead atoms. The Balaban J connectivity index is 2.58. The van der Waals surface area contributed by atoms with Gasteiger partial charge in [0.1, 0.15) is 22.6 Å². The van der Waals surface area contributed by atoms with Gasteiger partial charge in [-0.25, -0.2) is 4.79 Å². The zero-order chi connectivity index (χ0) is 14.0. The molecule has 0 fully saturated rings. The Bertz CT molecular complexity index is 645. The van der Waals surface area contributed by atoms with E-state index in [0.29, 0.717) is 11.1 Å². The Hall–Kier alpha value is -2.05. The molecule has 1 aromatic heterocycles. The Kier molecular flexibility index (Phi) is 3.73. The van der Waals surface area contributed by atoms with Crippen molar-refractivity contribution in [3.05, 3.63) is 34.4 Å². The molecular formula is C13H14O6. The molecular weight excluding hydrogens is 252 g/mol.